The van der Waals surface area contributed by atoms with Crippen LogP contribution in [0.1, 0.15) is 26.3 Å². The van der Waals surface area contributed by atoms with Crippen LogP contribution in [0.25, 0.3) is 0 Å². The summed E-state index contributed by atoms with van der Waals surface area (Å²) in [6.45, 7) is 5.50. The molecule has 0 bridgehead atoms. The molecule has 186 valence electrons. The molecule has 1 unspecified atom stereocenters. The van der Waals surface area contributed by atoms with E-state index in [1.807, 2.05) is 13.8 Å². The summed E-state index contributed by atoms with van der Waals surface area (Å²) in [5.74, 6) is -0.578. The van der Waals surface area contributed by atoms with Gasteiger partial charge in [0.15, 0.2) is 0 Å². The number of benzene rings is 2. The number of carbonyl (C=O) groups is 2. The first kappa shape index (κ1) is 27.1. The molecule has 0 radical (unpaired) electrons. The molecule has 0 saturated carbocycles. The number of sulfonamides is 1. The Bertz CT molecular complexity index is 1070. The Labute approximate surface area is 200 Å². The van der Waals surface area contributed by atoms with Crippen molar-refractivity contribution in [2.45, 2.75) is 33.4 Å². The van der Waals surface area contributed by atoms with Crippen molar-refractivity contribution in [1.82, 2.24) is 10.2 Å². The van der Waals surface area contributed by atoms with Gasteiger partial charge in [-0.2, -0.15) is 0 Å². The number of halogens is 1. The predicted molar refractivity (Wildman–Crippen MR) is 129 cm³/mol. The Hall–Kier alpha value is -3.14. The van der Waals surface area contributed by atoms with E-state index < -0.39 is 34.3 Å². The molecule has 2 amide bonds. The molecule has 0 fully saturated rings. The topological polar surface area (TPSA) is 96.0 Å². The van der Waals surface area contributed by atoms with Crippen molar-refractivity contribution in [1.29, 1.82) is 0 Å². The Morgan fingerprint density at radius 3 is 2.12 bits per heavy atom. The van der Waals surface area contributed by atoms with Crippen molar-refractivity contribution in [3.05, 3.63) is 59.9 Å². The maximum Gasteiger partial charge on any atom is 0.244 e. The Morgan fingerprint density at radius 2 is 1.62 bits per heavy atom. The van der Waals surface area contributed by atoms with Crippen molar-refractivity contribution in [3.8, 4) is 5.75 Å². The molecule has 1 atom stereocenters. The second-order valence-electron chi connectivity index (χ2n) is 8.43. The quantitative estimate of drug-likeness (QED) is 0.519. The van der Waals surface area contributed by atoms with E-state index in [4.69, 9.17) is 4.74 Å². The summed E-state index contributed by atoms with van der Waals surface area (Å²) in [5, 5.41) is 2.82. The van der Waals surface area contributed by atoms with Gasteiger partial charge in [-0.25, -0.2) is 12.8 Å². The van der Waals surface area contributed by atoms with Crippen LogP contribution in [0, 0.1) is 11.7 Å². The molecular weight excluding hydrogens is 461 g/mol. The third-order valence-corrected chi connectivity index (χ3v) is 6.30. The van der Waals surface area contributed by atoms with E-state index >= 15 is 0 Å². The number of anilines is 1. The van der Waals surface area contributed by atoms with Gasteiger partial charge in [-0.15, -0.1) is 0 Å². The first-order valence-electron chi connectivity index (χ1n) is 10.9. The highest BCUT2D eigenvalue weighted by atomic mass is 32.2. The lowest BCUT2D eigenvalue weighted by molar-refractivity contribution is -0.139. The Balaban J connectivity index is 2.34. The Kier molecular flexibility index (Phi) is 9.43. The van der Waals surface area contributed by atoms with Gasteiger partial charge in [-0.3, -0.25) is 13.9 Å². The van der Waals surface area contributed by atoms with Crippen LogP contribution in [0.4, 0.5) is 10.1 Å². The molecule has 2 rings (SSSR count). The highest BCUT2D eigenvalue weighted by molar-refractivity contribution is 7.92. The number of nitrogens with one attached hydrogen (secondary N) is 1. The van der Waals surface area contributed by atoms with E-state index in [1.165, 1.54) is 17.0 Å². The summed E-state index contributed by atoms with van der Waals surface area (Å²) >= 11 is 0. The molecule has 1 N–H and O–H groups in total. The fraction of sp³-hybridized carbons (Fsp3) is 0.417. The summed E-state index contributed by atoms with van der Waals surface area (Å²) < 4.78 is 44.3. The van der Waals surface area contributed by atoms with Crippen LogP contribution in [-0.4, -0.2) is 57.6 Å². The van der Waals surface area contributed by atoms with Gasteiger partial charge in [0.1, 0.15) is 24.2 Å². The fourth-order valence-corrected chi connectivity index (χ4v) is 4.03. The van der Waals surface area contributed by atoms with E-state index in [0.717, 1.165) is 28.3 Å². The number of methoxy groups -OCH3 is 1. The van der Waals surface area contributed by atoms with E-state index in [2.05, 4.69) is 5.32 Å². The van der Waals surface area contributed by atoms with Crippen LogP contribution in [0.3, 0.4) is 0 Å². The van der Waals surface area contributed by atoms with Crippen LogP contribution in [0.5, 0.6) is 5.75 Å². The molecule has 0 heterocycles. The molecule has 0 saturated heterocycles. The highest BCUT2D eigenvalue weighted by Crippen LogP contribution is 2.20. The normalized spacial score (nSPS) is 12.2. The Morgan fingerprint density at radius 1 is 1.03 bits per heavy atom. The maximum absolute atomic E-state index is 13.4. The number of ether oxygens (including phenoxy) is 1. The summed E-state index contributed by atoms with van der Waals surface area (Å²) in [7, 11) is -2.32. The van der Waals surface area contributed by atoms with Gasteiger partial charge < -0.3 is 15.0 Å². The van der Waals surface area contributed by atoms with E-state index in [0.29, 0.717) is 12.3 Å². The summed E-state index contributed by atoms with van der Waals surface area (Å²) in [5.41, 5.74) is 0.893. The van der Waals surface area contributed by atoms with Crippen LogP contribution in [0.15, 0.2) is 48.5 Å². The zero-order chi connectivity index (χ0) is 25.5. The highest BCUT2D eigenvalue weighted by Gasteiger charge is 2.30. The van der Waals surface area contributed by atoms with Crippen molar-refractivity contribution in [2.75, 3.05) is 30.8 Å². The molecule has 0 aliphatic carbocycles. The van der Waals surface area contributed by atoms with Gasteiger partial charge in [0.25, 0.3) is 0 Å². The molecule has 10 heteroatoms. The standard InChI is InChI=1S/C24H32FN3O5S/c1-17(2)14-26-24(30)18(3)27(15-19-6-12-22(33-4)13-7-19)23(29)16-28(34(5,31)32)21-10-8-20(25)9-11-21/h6-13,17-18H,14-16H2,1-5H3,(H,26,30). The molecule has 2 aromatic carbocycles. The minimum absolute atomic E-state index is 0.0834. The minimum Gasteiger partial charge on any atom is -0.497 e. The number of hydrogen-bond donors (Lipinski definition) is 1. The number of hydrogen-bond acceptors (Lipinski definition) is 5. The van der Waals surface area contributed by atoms with E-state index in [-0.39, 0.29) is 24.1 Å². The fourth-order valence-electron chi connectivity index (χ4n) is 3.18. The van der Waals surface area contributed by atoms with Gasteiger partial charge in [0.05, 0.1) is 19.1 Å². The molecule has 8 nitrogen and oxygen atoms in total. The number of rotatable bonds is 11. The average Bonchev–Trinajstić information content (AvgIpc) is 2.79. The maximum atomic E-state index is 13.4. The average molecular weight is 494 g/mol. The van der Waals surface area contributed by atoms with Crippen molar-refractivity contribution in [2.24, 2.45) is 5.92 Å². The van der Waals surface area contributed by atoms with Crippen LogP contribution in [0.2, 0.25) is 0 Å². The molecule has 0 aromatic heterocycles. The first-order chi connectivity index (χ1) is 15.9. The van der Waals surface area contributed by atoms with Gasteiger partial charge in [-0.05, 0) is 54.8 Å². The van der Waals surface area contributed by atoms with E-state index in [1.54, 1.807) is 38.3 Å². The summed E-state index contributed by atoms with van der Waals surface area (Å²) in [4.78, 5) is 27.5. The first-order valence-corrected chi connectivity index (χ1v) is 12.7. The SMILES string of the molecule is COc1ccc(CN(C(=O)CN(c2ccc(F)cc2)S(C)(=O)=O)C(C)C(=O)NCC(C)C)cc1. The van der Waals surface area contributed by atoms with Crippen LogP contribution < -0.4 is 14.4 Å². The van der Waals surface area contributed by atoms with E-state index in [9.17, 15) is 22.4 Å². The predicted octanol–water partition coefficient (Wildman–Crippen LogP) is 2.79. The van der Waals surface area contributed by atoms with Gasteiger partial charge in [0, 0.05) is 13.1 Å². The smallest absolute Gasteiger partial charge is 0.244 e. The minimum atomic E-state index is -3.86. The van der Waals surface area contributed by atoms with Gasteiger partial charge >= 0.3 is 0 Å². The third-order valence-electron chi connectivity index (χ3n) is 5.16. The number of amides is 2. The molecular formula is C24H32FN3O5S. The van der Waals surface area contributed by atoms with Crippen molar-refractivity contribution >= 4 is 27.5 Å². The second kappa shape index (κ2) is 11.8. The zero-order valence-corrected chi connectivity index (χ0v) is 20.9. The monoisotopic (exact) mass is 493 g/mol. The summed E-state index contributed by atoms with van der Waals surface area (Å²) in [6, 6.07) is 11.0. The second-order valence-corrected chi connectivity index (χ2v) is 10.3. The molecule has 34 heavy (non-hydrogen) atoms. The lowest BCUT2D eigenvalue weighted by Gasteiger charge is -2.31. The van der Waals surface area contributed by atoms with Crippen LogP contribution >= 0.6 is 0 Å². The lowest BCUT2D eigenvalue weighted by Crippen LogP contribution is -2.51. The number of nitrogens with zero attached hydrogens (tertiary/aromatic N) is 2. The third kappa shape index (κ3) is 7.72. The van der Waals surface area contributed by atoms with Gasteiger partial charge in [-0.1, -0.05) is 26.0 Å². The molecule has 0 aliphatic heterocycles. The zero-order valence-electron chi connectivity index (χ0n) is 20.1. The lowest BCUT2D eigenvalue weighted by atomic mass is 10.1. The van der Waals surface area contributed by atoms with Gasteiger partial charge in [0.2, 0.25) is 21.8 Å². The van der Waals surface area contributed by atoms with Crippen LogP contribution in [-0.2, 0) is 26.2 Å². The summed E-state index contributed by atoms with van der Waals surface area (Å²) in [6.07, 6.45) is 0.968. The number of carbonyl (C=O) groups excluding carboxylic acids is 2. The molecule has 0 aliphatic rings. The van der Waals surface area contributed by atoms with Crippen molar-refractivity contribution in [3.63, 3.8) is 0 Å². The molecule has 2 aromatic rings. The largest absolute Gasteiger partial charge is 0.497 e. The molecule has 0 spiro atoms. The van der Waals surface area contributed by atoms with Crippen molar-refractivity contribution < 1.29 is 27.1 Å².